The highest BCUT2D eigenvalue weighted by atomic mass is 79.9. The van der Waals surface area contributed by atoms with Crippen LogP contribution in [0.4, 0.5) is 5.69 Å². The quantitative estimate of drug-likeness (QED) is 0.678. The smallest absolute Gasteiger partial charge is 0.284 e. The van der Waals surface area contributed by atoms with E-state index in [1.54, 1.807) is 6.07 Å². The summed E-state index contributed by atoms with van der Waals surface area (Å²) in [6.07, 6.45) is 0. The Hall–Kier alpha value is -1.47. The van der Waals surface area contributed by atoms with E-state index in [9.17, 15) is 14.9 Å². The van der Waals surface area contributed by atoms with Gasteiger partial charge in [0.15, 0.2) is 0 Å². The van der Waals surface area contributed by atoms with Gasteiger partial charge in [0.1, 0.15) is 0 Å². The number of nitrogens with zero attached hydrogens (tertiary/aromatic N) is 1. The number of carbonyl (C=O) groups excluding carboxylic acids is 1. The van der Waals surface area contributed by atoms with Crippen molar-refractivity contribution in [1.29, 1.82) is 0 Å². The Kier molecular flexibility index (Phi) is 3.86. The average molecular weight is 329 g/mol. The average Bonchev–Trinajstić information content (AvgIpc) is 2.33. The Bertz CT molecular complexity index is 528. The van der Waals surface area contributed by atoms with Crippen LogP contribution in [-0.4, -0.2) is 30.6 Å². The van der Waals surface area contributed by atoms with Gasteiger partial charge in [0, 0.05) is 23.6 Å². The maximum atomic E-state index is 11.9. The van der Waals surface area contributed by atoms with Gasteiger partial charge in [0.2, 0.25) is 0 Å². The Morgan fingerprint density at radius 3 is 2.79 bits per heavy atom. The molecule has 1 aliphatic rings. The molecular weight excluding hydrogens is 316 g/mol. The third-order valence-electron chi connectivity index (χ3n) is 2.98. The first kappa shape index (κ1) is 14.0. The summed E-state index contributed by atoms with van der Waals surface area (Å²) in [5, 5.41) is 13.6. The molecule has 0 radical (unpaired) electrons. The van der Waals surface area contributed by atoms with E-state index in [0.29, 0.717) is 24.2 Å². The number of hydrogen-bond acceptors (Lipinski definition) is 4. The summed E-state index contributed by atoms with van der Waals surface area (Å²) in [5.74, 6) is -0.316. The maximum Gasteiger partial charge on any atom is 0.284 e. The number of carbonyl (C=O) groups is 1. The standard InChI is InChI=1S/C12H13BrN2O4/c1-12(6-19-7-12)5-14-11(16)8-2-3-9(13)10(4-8)15(17)18/h2-4H,5-7H2,1H3,(H,14,16). The summed E-state index contributed by atoms with van der Waals surface area (Å²) >= 11 is 3.08. The van der Waals surface area contributed by atoms with E-state index in [0.717, 1.165) is 0 Å². The van der Waals surface area contributed by atoms with Crippen molar-refractivity contribution >= 4 is 27.5 Å². The third kappa shape index (κ3) is 3.10. The van der Waals surface area contributed by atoms with E-state index >= 15 is 0 Å². The third-order valence-corrected chi connectivity index (χ3v) is 3.65. The lowest BCUT2D eigenvalue weighted by Crippen LogP contribution is -2.48. The molecule has 6 nitrogen and oxygen atoms in total. The monoisotopic (exact) mass is 328 g/mol. The van der Waals surface area contributed by atoms with Crippen molar-refractivity contribution < 1.29 is 14.5 Å². The van der Waals surface area contributed by atoms with E-state index in [1.807, 2.05) is 6.92 Å². The summed E-state index contributed by atoms with van der Waals surface area (Å²) in [6, 6.07) is 4.31. The highest BCUT2D eigenvalue weighted by Crippen LogP contribution is 2.27. The van der Waals surface area contributed by atoms with Crippen LogP contribution in [0, 0.1) is 15.5 Å². The molecule has 1 amide bonds. The van der Waals surface area contributed by atoms with E-state index in [2.05, 4.69) is 21.2 Å². The van der Waals surface area contributed by atoms with Gasteiger partial charge in [-0.15, -0.1) is 0 Å². The SMILES string of the molecule is CC1(CNC(=O)c2ccc(Br)c([N+](=O)[O-])c2)COC1. The van der Waals surface area contributed by atoms with Crippen molar-refractivity contribution in [2.75, 3.05) is 19.8 Å². The highest BCUT2D eigenvalue weighted by molar-refractivity contribution is 9.10. The molecule has 1 N–H and O–H groups in total. The van der Waals surface area contributed by atoms with Gasteiger partial charge >= 0.3 is 0 Å². The topological polar surface area (TPSA) is 81.5 Å². The molecule has 0 atom stereocenters. The molecule has 1 saturated heterocycles. The summed E-state index contributed by atoms with van der Waals surface area (Å²) < 4.78 is 5.45. The minimum atomic E-state index is -0.526. The number of nitro benzene ring substituents is 1. The second kappa shape index (κ2) is 5.26. The number of benzene rings is 1. The minimum absolute atomic E-state index is 0.0308. The molecule has 0 spiro atoms. The lowest BCUT2D eigenvalue weighted by atomic mass is 9.88. The molecule has 1 fully saturated rings. The molecule has 2 rings (SSSR count). The van der Waals surface area contributed by atoms with Crippen molar-refractivity contribution in [3.63, 3.8) is 0 Å². The number of hydrogen-bond donors (Lipinski definition) is 1. The normalized spacial score (nSPS) is 16.5. The molecule has 0 saturated carbocycles. The van der Waals surface area contributed by atoms with Crippen molar-refractivity contribution in [3.8, 4) is 0 Å². The fraction of sp³-hybridized carbons (Fsp3) is 0.417. The van der Waals surface area contributed by atoms with Crippen molar-refractivity contribution in [3.05, 3.63) is 38.3 Å². The van der Waals surface area contributed by atoms with Crippen LogP contribution in [0.1, 0.15) is 17.3 Å². The fourth-order valence-electron chi connectivity index (χ4n) is 1.74. The number of ether oxygens (including phenoxy) is 1. The van der Waals surface area contributed by atoms with Gasteiger partial charge in [-0.2, -0.15) is 0 Å². The van der Waals surface area contributed by atoms with Gasteiger partial charge in [-0.05, 0) is 28.1 Å². The van der Waals surface area contributed by atoms with E-state index < -0.39 is 4.92 Å². The zero-order valence-corrected chi connectivity index (χ0v) is 11.9. The van der Waals surface area contributed by atoms with Gasteiger partial charge in [-0.1, -0.05) is 6.92 Å². The van der Waals surface area contributed by atoms with Crippen LogP contribution < -0.4 is 5.32 Å². The predicted octanol–water partition coefficient (Wildman–Crippen LogP) is 2.12. The zero-order chi connectivity index (χ0) is 14.0. The molecule has 1 aliphatic heterocycles. The lowest BCUT2D eigenvalue weighted by molar-refractivity contribution is -0.385. The van der Waals surface area contributed by atoms with Gasteiger partial charge in [-0.3, -0.25) is 14.9 Å². The first-order valence-corrected chi connectivity index (χ1v) is 6.50. The van der Waals surface area contributed by atoms with Crippen molar-refractivity contribution in [2.45, 2.75) is 6.92 Å². The molecule has 7 heteroatoms. The van der Waals surface area contributed by atoms with Crippen molar-refractivity contribution in [1.82, 2.24) is 5.32 Å². The van der Waals surface area contributed by atoms with Crippen LogP contribution in [0.15, 0.2) is 22.7 Å². The van der Waals surface area contributed by atoms with E-state index in [1.165, 1.54) is 12.1 Å². The van der Waals surface area contributed by atoms with Crippen molar-refractivity contribution in [2.24, 2.45) is 5.41 Å². The minimum Gasteiger partial charge on any atom is -0.380 e. The molecule has 19 heavy (non-hydrogen) atoms. The first-order chi connectivity index (χ1) is 8.91. The number of halogens is 1. The summed E-state index contributed by atoms with van der Waals surface area (Å²) in [4.78, 5) is 22.2. The number of nitrogens with one attached hydrogen (secondary N) is 1. The molecule has 0 aliphatic carbocycles. The van der Waals surface area contributed by atoms with E-state index in [-0.39, 0.29) is 22.6 Å². The molecule has 1 aromatic rings. The van der Waals surface area contributed by atoms with Crippen LogP contribution in [0.5, 0.6) is 0 Å². The first-order valence-electron chi connectivity index (χ1n) is 5.71. The largest absolute Gasteiger partial charge is 0.380 e. The summed E-state index contributed by atoms with van der Waals surface area (Å²) in [7, 11) is 0. The Morgan fingerprint density at radius 2 is 2.26 bits per heavy atom. The summed E-state index contributed by atoms with van der Waals surface area (Å²) in [6.45, 7) is 3.75. The Balaban J connectivity index is 2.06. The number of rotatable bonds is 4. The molecule has 0 unspecified atom stereocenters. The number of amides is 1. The van der Waals surface area contributed by atoms with Crippen LogP contribution in [-0.2, 0) is 4.74 Å². The van der Waals surface area contributed by atoms with Gasteiger partial charge in [0.25, 0.3) is 11.6 Å². The van der Waals surface area contributed by atoms with Gasteiger partial charge < -0.3 is 10.1 Å². The van der Waals surface area contributed by atoms with Crippen LogP contribution in [0.3, 0.4) is 0 Å². The molecular formula is C12H13BrN2O4. The van der Waals surface area contributed by atoms with E-state index in [4.69, 9.17) is 4.74 Å². The second-order valence-corrected chi connectivity index (χ2v) is 5.76. The fourth-order valence-corrected chi connectivity index (χ4v) is 2.13. The Labute approximate surface area is 118 Å². The van der Waals surface area contributed by atoms with Crippen LogP contribution in [0.2, 0.25) is 0 Å². The van der Waals surface area contributed by atoms with Gasteiger partial charge in [0.05, 0.1) is 22.6 Å². The molecule has 0 aromatic heterocycles. The molecule has 1 aromatic carbocycles. The van der Waals surface area contributed by atoms with Crippen LogP contribution >= 0.6 is 15.9 Å². The summed E-state index contributed by atoms with van der Waals surface area (Å²) in [5.41, 5.74) is 0.126. The zero-order valence-electron chi connectivity index (χ0n) is 10.3. The Morgan fingerprint density at radius 1 is 1.58 bits per heavy atom. The molecule has 102 valence electrons. The second-order valence-electron chi connectivity index (χ2n) is 4.91. The lowest BCUT2D eigenvalue weighted by Gasteiger charge is -2.38. The predicted molar refractivity (Wildman–Crippen MR) is 72.1 cm³/mol. The number of nitro groups is 1. The maximum absolute atomic E-state index is 11.9. The van der Waals surface area contributed by atoms with Crippen LogP contribution in [0.25, 0.3) is 0 Å². The van der Waals surface area contributed by atoms with Gasteiger partial charge in [-0.25, -0.2) is 0 Å². The molecule has 0 bridgehead atoms. The molecule has 1 heterocycles. The highest BCUT2D eigenvalue weighted by Gasteiger charge is 2.33.